The van der Waals surface area contributed by atoms with Crippen LogP contribution in [-0.4, -0.2) is 46.4 Å². The number of urea groups is 1. The lowest BCUT2D eigenvalue weighted by Crippen LogP contribution is -2.42. The monoisotopic (exact) mass is 385 g/mol. The van der Waals surface area contributed by atoms with Crippen molar-refractivity contribution in [3.8, 4) is 0 Å². The molecule has 1 aromatic carbocycles. The second-order valence-electron chi connectivity index (χ2n) is 6.25. The number of aromatic nitrogens is 1. The van der Waals surface area contributed by atoms with E-state index in [2.05, 4.69) is 22.4 Å². The second kappa shape index (κ2) is 12.1. The first-order chi connectivity index (χ1) is 13.1. The smallest absolute Gasteiger partial charge is 0.317 e. The van der Waals surface area contributed by atoms with E-state index in [0.29, 0.717) is 25.4 Å². The number of pyridine rings is 1. The van der Waals surface area contributed by atoms with E-state index >= 15 is 0 Å². The third kappa shape index (κ3) is 8.73. The molecule has 0 fully saturated rings. The first-order valence-electron chi connectivity index (χ1n) is 9.24. The number of amides is 2. The maximum atomic E-state index is 12.6. The SMILES string of the molecule is CC(=O)SCCN(CCc1ccccc1)C(=O)NCCCc1ccncc1. The van der Waals surface area contributed by atoms with Gasteiger partial charge >= 0.3 is 6.03 Å². The molecular formula is C21H27N3O2S. The maximum Gasteiger partial charge on any atom is 0.317 e. The van der Waals surface area contributed by atoms with Crippen LogP contribution >= 0.6 is 11.8 Å². The molecule has 2 rings (SSSR count). The van der Waals surface area contributed by atoms with Crippen molar-refractivity contribution in [2.75, 3.05) is 25.4 Å². The highest BCUT2D eigenvalue weighted by Gasteiger charge is 2.13. The zero-order valence-electron chi connectivity index (χ0n) is 15.8. The van der Waals surface area contributed by atoms with Gasteiger partial charge in [-0.05, 0) is 42.5 Å². The number of rotatable bonds is 10. The van der Waals surface area contributed by atoms with Gasteiger partial charge in [-0.1, -0.05) is 42.1 Å². The Kier molecular flexibility index (Phi) is 9.41. The third-order valence-electron chi connectivity index (χ3n) is 4.13. The summed E-state index contributed by atoms with van der Waals surface area (Å²) in [6.45, 7) is 3.38. The van der Waals surface area contributed by atoms with E-state index < -0.39 is 0 Å². The number of aryl methyl sites for hydroxylation is 1. The van der Waals surface area contributed by atoms with E-state index in [1.54, 1.807) is 24.2 Å². The summed E-state index contributed by atoms with van der Waals surface area (Å²) in [5.74, 6) is 0.620. The lowest BCUT2D eigenvalue weighted by Gasteiger charge is -2.23. The summed E-state index contributed by atoms with van der Waals surface area (Å²) in [5.41, 5.74) is 2.42. The van der Waals surface area contributed by atoms with Crippen molar-refractivity contribution in [3.63, 3.8) is 0 Å². The fourth-order valence-electron chi connectivity index (χ4n) is 2.67. The molecule has 1 aromatic heterocycles. The minimum atomic E-state index is -0.0650. The minimum absolute atomic E-state index is 0.0650. The van der Waals surface area contributed by atoms with Crippen LogP contribution in [0.4, 0.5) is 4.79 Å². The van der Waals surface area contributed by atoms with Crippen LogP contribution in [0.1, 0.15) is 24.5 Å². The molecule has 0 saturated carbocycles. The van der Waals surface area contributed by atoms with E-state index in [1.165, 1.54) is 22.9 Å². The number of carbonyl (C=O) groups excluding carboxylic acids is 2. The van der Waals surface area contributed by atoms with Crippen molar-refractivity contribution in [1.29, 1.82) is 0 Å². The first-order valence-corrected chi connectivity index (χ1v) is 10.2. The van der Waals surface area contributed by atoms with Gasteiger partial charge in [-0.3, -0.25) is 9.78 Å². The van der Waals surface area contributed by atoms with Crippen LogP contribution in [0.5, 0.6) is 0 Å². The normalized spacial score (nSPS) is 10.4. The number of nitrogens with one attached hydrogen (secondary N) is 1. The number of hydrogen-bond donors (Lipinski definition) is 1. The Hall–Kier alpha value is -2.34. The van der Waals surface area contributed by atoms with Crippen molar-refractivity contribution in [2.24, 2.45) is 0 Å². The van der Waals surface area contributed by atoms with Gasteiger partial charge in [0.05, 0.1) is 0 Å². The lowest BCUT2D eigenvalue weighted by atomic mass is 10.1. The molecule has 0 aliphatic carbocycles. The molecule has 27 heavy (non-hydrogen) atoms. The Morgan fingerprint density at radius 3 is 2.41 bits per heavy atom. The van der Waals surface area contributed by atoms with Gasteiger partial charge in [-0.15, -0.1) is 0 Å². The van der Waals surface area contributed by atoms with Crippen LogP contribution in [-0.2, 0) is 17.6 Å². The van der Waals surface area contributed by atoms with E-state index in [9.17, 15) is 9.59 Å². The third-order valence-corrected chi connectivity index (χ3v) is 4.93. The van der Waals surface area contributed by atoms with Crippen molar-refractivity contribution in [1.82, 2.24) is 15.2 Å². The Balaban J connectivity index is 1.78. The molecule has 0 aliphatic rings. The molecule has 0 aliphatic heterocycles. The Labute approximate surface area is 165 Å². The maximum absolute atomic E-state index is 12.6. The molecule has 0 radical (unpaired) electrons. The van der Waals surface area contributed by atoms with Gasteiger partial charge in [0.2, 0.25) is 0 Å². The first kappa shape index (κ1) is 21.0. The minimum Gasteiger partial charge on any atom is -0.338 e. The molecular weight excluding hydrogens is 358 g/mol. The molecule has 6 heteroatoms. The molecule has 2 amide bonds. The zero-order chi connectivity index (χ0) is 19.3. The predicted octanol–water partition coefficient (Wildman–Crippen LogP) is 3.55. The van der Waals surface area contributed by atoms with Crippen LogP contribution < -0.4 is 5.32 Å². The summed E-state index contributed by atoms with van der Waals surface area (Å²) in [6.07, 6.45) is 6.16. The number of benzene rings is 1. The van der Waals surface area contributed by atoms with Crippen LogP contribution in [0.3, 0.4) is 0 Å². The number of carbonyl (C=O) groups is 2. The van der Waals surface area contributed by atoms with Crippen LogP contribution in [0.25, 0.3) is 0 Å². The standard InChI is InChI=1S/C21H27N3O2S/c1-18(25)27-17-16-24(15-11-19-6-3-2-4-7-19)21(26)23-12-5-8-20-9-13-22-14-10-20/h2-4,6-7,9-10,13-14H,5,8,11-12,15-17H2,1H3,(H,23,26). The van der Waals surface area contributed by atoms with Gasteiger partial charge in [-0.2, -0.15) is 0 Å². The van der Waals surface area contributed by atoms with E-state index in [-0.39, 0.29) is 11.1 Å². The molecule has 1 heterocycles. The van der Waals surface area contributed by atoms with Crippen molar-refractivity contribution < 1.29 is 9.59 Å². The summed E-state index contributed by atoms with van der Waals surface area (Å²) in [6, 6.07) is 14.0. The van der Waals surface area contributed by atoms with Gasteiger partial charge < -0.3 is 10.2 Å². The van der Waals surface area contributed by atoms with E-state index in [4.69, 9.17) is 0 Å². The summed E-state index contributed by atoms with van der Waals surface area (Å²) in [7, 11) is 0. The summed E-state index contributed by atoms with van der Waals surface area (Å²) >= 11 is 1.26. The van der Waals surface area contributed by atoms with Gasteiger partial charge in [0.15, 0.2) is 5.12 Å². The largest absolute Gasteiger partial charge is 0.338 e. The highest BCUT2D eigenvalue weighted by molar-refractivity contribution is 8.13. The molecule has 0 atom stereocenters. The average Bonchev–Trinajstić information content (AvgIpc) is 2.69. The Morgan fingerprint density at radius 1 is 1.00 bits per heavy atom. The summed E-state index contributed by atoms with van der Waals surface area (Å²) in [4.78, 5) is 29.5. The van der Waals surface area contributed by atoms with Crippen LogP contribution in [0, 0.1) is 0 Å². The molecule has 0 bridgehead atoms. The van der Waals surface area contributed by atoms with Crippen molar-refractivity contribution in [3.05, 3.63) is 66.0 Å². The van der Waals surface area contributed by atoms with E-state index in [0.717, 1.165) is 19.3 Å². The topological polar surface area (TPSA) is 62.3 Å². The van der Waals surface area contributed by atoms with E-state index in [1.807, 2.05) is 30.3 Å². The molecule has 0 saturated heterocycles. The highest BCUT2D eigenvalue weighted by atomic mass is 32.2. The average molecular weight is 386 g/mol. The predicted molar refractivity (Wildman–Crippen MR) is 111 cm³/mol. The molecule has 1 N–H and O–H groups in total. The fourth-order valence-corrected chi connectivity index (χ4v) is 3.27. The second-order valence-corrected chi connectivity index (χ2v) is 7.53. The molecule has 0 spiro atoms. The fraction of sp³-hybridized carbons (Fsp3) is 0.381. The van der Waals surface area contributed by atoms with Crippen LogP contribution in [0.15, 0.2) is 54.9 Å². The quantitative estimate of drug-likeness (QED) is 0.636. The van der Waals surface area contributed by atoms with Crippen molar-refractivity contribution in [2.45, 2.75) is 26.2 Å². The van der Waals surface area contributed by atoms with Gasteiger partial charge in [-0.25, -0.2) is 4.79 Å². The Morgan fingerprint density at radius 2 is 1.70 bits per heavy atom. The summed E-state index contributed by atoms with van der Waals surface area (Å²) < 4.78 is 0. The molecule has 0 unspecified atom stereocenters. The highest BCUT2D eigenvalue weighted by Crippen LogP contribution is 2.06. The molecule has 5 nitrogen and oxygen atoms in total. The van der Waals surface area contributed by atoms with Gasteiger partial charge in [0.25, 0.3) is 0 Å². The number of thioether (sulfide) groups is 1. The zero-order valence-corrected chi connectivity index (χ0v) is 16.6. The number of hydrogen-bond acceptors (Lipinski definition) is 4. The lowest BCUT2D eigenvalue weighted by molar-refractivity contribution is -0.109. The van der Waals surface area contributed by atoms with Crippen LogP contribution in [0.2, 0.25) is 0 Å². The number of nitrogens with zero attached hydrogens (tertiary/aromatic N) is 2. The Bertz CT molecular complexity index is 695. The van der Waals surface area contributed by atoms with Gasteiger partial charge in [0, 0.05) is 44.7 Å². The summed E-state index contributed by atoms with van der Waals surface area (Å²) in [5, 5.41) is 3.08. The van der Waals surface area contributed by atoms with Gasteiger partial charge in [0.1, 0.15) is 0 Å². The van der Waals surface area contributed by atoms with Crippen molar-refractivity contribution >= 4 is 22.9 Å². The molecule has 144 valence electrons. The molecule has 2 aromatic rings.